The Morgan fingerprint density at radius 2 is 1.81 bits per heavy atom. The minimum Gasteiger partial charge on any atom is -0.464 e. The molecule has 1 aromatic heterocycles. The van der Waals surface area contributed by atoms with Crippen LogP contribution in [0, 0.1) is 12.7 Å². The van der Waals surface area contributed by atoms with Crippen LogP contribution in [0.15, 0.2) is 59.0 Å². The molecule has 3 aromatic rings. The van der Waals surface area contributed by atoms with E-state index in [-0.39, 0.29) is 37.1 Å². The predicted octanol–water partition coefficient (Wildman–Crippen LogP) is 2.93. The summed E-state index contributed by atoms with van der Waals surface area (Å²) in [6.07, 6.45) is 0. The van der Waals surface area contributed by atoms with Crippen molar-refractivity contribution < 1.29 is 37.4 Å². The molecule has 0 saturated carbocycles. The zero-order chi connectivity index (χ0) is 25.7. The number of carbonyl (C=O) groups excluding carboxylic acids is 3. The van der Waals surface area contributed by atoms with Gasteiger partial charge in [0, 0.05) is 31.1 Å². The summed E-state index contributed by atoms with van der Waals surface area (Å²) in [5, 5.41) is 5.14. The quantitative estimate of drug-likeness (QED) is 0.363. The number of aryl methyl sites for hydroxylation is 1. The largest absolute Gasteiger partial charge is 0.464 e. The topological polar surface area (TPSA) is 119 Å². The molecule has 0 spiro atoms. The van der Waals surface area contributed by atoms with Gasteiger partial charge in [0.2, 0.25) is 6.79 Å². The molecule has 2 heterocycles. The fourth-order valence-corrected chi connectivity index (χ4v) is 3.59. The number of furan rings is 1. The summed E-state index contributed by atoms with van der Waals surface area (Å²) in [5.74, 6) is -1.74. The minimum absolute atomic E-state index is 0.00387. The van der Waals surface area contributed by atoms with Gasteiger partial charge in [0.05, 0.1) is 6.61 Å². The lowest BCUT2D eigenvalue weighted by atomic mass is 10.1. The average Bonchev–Trinajstić information content (AvgIpc) is 3.51. The van der Waals surface area contributed by atoms with Crippen molar-refractivity contribution >= 4 is 29.1 Å². The number of nitrogens with one attached hydrogen (secondary N) is 2. The summed E-state index contributed by atoms with van der Waals surface area (Å²) < 4.78 is 34.8. The zero-order valence-electron chi connectivity index (χ0n) is 19.6. The number of methoxy groups -OCH3 is 1. The first-order valence-electron chi connectivity index (χ1n) is 11.0. The highest BCUT2D eigenvalue weighted by atomic mass is 19.1. The Bertz CT molecular complexity index is 1260. The number of hydrogen-bond acceptors (Lipinski definition) is 7. The van der Waals surface area contributed by atoms with E-state index in [9.17, 15) is 18.8 Å². The molecule has 0 radical (unpaired) electrons. The van der Waals surface area contributed by atoms with E-state index in [0.717, 1.165) is 17.0 Å². The Hall–Kier alpha value is -4.38. The van der Waals surface area contributed by atoms with Crippen molar-refractivity contribution in [2.75, 3.05) is 37.3 Å². The van der Waals surface area contributed by atoms with Crippen LogP contribution >= 0.6 is 0 Å². The van der Waals surface area contributed by atoms with Gasteiger partial charge in [-0.3, -0.25) is 19.3 Å². The lowest BCUT2D eigenvalue weighted by molar-refractivity contribution is -0.136. The first-order valence-corrected chi connectivity index (χ1v) is 11.0. The Morgan fingerprint density at radius 1 is 1.06 bits per heavy atom. The number of ether oxygens (including phenoxy) is 3. The van der Waals surface area contributed by atoms with Crippen molar-refractivity contribution in [3.05, 3.63) is 71.9 Å². The lowest BCUT2D eigenvalue weighted by Crippen LogP contribution is -2.48. The van der Waals surface area contributed by atoms with E-state index in [4.69, 9.17) is 18.6 Å². The molecule has 1 unspecified atom stereocenters. The number of anilines is 2. The van der Waals surface area contributed by atoms with Crippen molar-refractivity contribution in [3.63, 3.8) is 0 Å². The van der Waals surface area contributed by atoms with Crippen molar-refractivity contribution in [1.82, 2.24) is 5.32 Å². The standard InChI is InChI=1S/C25H24FN3O7/c1-15-3-9-20(36-15)22(23(30)27-11-12-33-2)29(18-8-10-19-21(13-18)35-14-34-19)25(32)24(31)28-17-6-4-16(26)5-7-17/h3-10,13,22H,11-12,14H2,1-2H3,(H,27,30)(H,28,31). The first-order chi connectivity index (χ1) is 17.4. The number of benzene rings is 2. The maximum absolute atomic E-state index is 13.6. The molecule has 0 fully saturated rings. The first kappa shape index (κ1) is 24.7. The van der Waals surface area contributed by atoms with Gasteiger partial charge in [0.25, 0.3) is 5.91 Å². The summed E-state index contributed by atoms with van der Waals surface area (Å²) in [7, 11) is 1.49. The Balaban J connectivity index is 1.74. The summed E-state index contributed by atoms with van der Waals surface area (Å²) in [6, 6.07) is 11.4. The number of rotatable bonds is 8. The molecule has 1 aliphatic rings. The van der Waals surface area contributed by atoms with Crippen LogP contribution in [-0.4, -0.2) is 44.8 Å². The second-order valence-electron chi connectivity index (χ2n) is 7.81. The smallest absolute Gasteiger partial charge is 0.317 e. The van der Waals surface area contributed by atoms with Crippen molar-refractivity contribution in [3.8, 4) is 11.5 Å². The third-order valence-electron chi connectivity index (χ3n) is 5.29. The second-order valence-corrected chi connectivity index (χ2v) is 7.81. The van der Waals surface area contributed by atoms with Crippen molar-refractivity contribution in [2.24, 2.45) is 0 Å². The molecule has 11 heteroatoms. The molecule has 2 N–H and O–H groups in total. The molecule has 0 aliphatic carbocycles. The number of halogens is 1. The van der Waals surface area contributed by atoms with Gasteiger partial charge in [-0.25, -0.2) is 4.39 Å². The summed E-state index contributed by atoms with van der Waals surface area (Å²) in [5.41, 5.74) is 0.398. The molecular formula is C25H24FN3O7. The molecular weight excluding hydrogens is 473 g/mol. The van der Waals surface area contributed by atoms with E-state index in [1.54, 1.807) is 25.1 Å². The normalized spacial score (nSPS) is 12.6. The van der Waals surface area contributed by atoms with E-state index in [2.05, 4.69) is 10.6 Å². The van der Waals surface area contributed by atoms with Crippen LogP contribution in [0.3, 0.4) is 0 Å². The van der Waals surface area contributed by atoms with Gasteiger partial charge in [-0.05, 0) is 55.5 Å². The number of nitrogens with zero attached hydrogens (tertiary/aromatic N) is 1. The molecule has 2 aromatic carbocycles. The van der Waals surface area contributed by atoms with E-state index in [0.29, 0.717) is 17.3 Å². The summed E-state index contributed by atoms with van der Waals surface area (Å²) in [4.78, 5) is 41.0. The summed E-state index contributed by atoms with van der Waals surface area (Å²) in [6.45, 7) is 2.09. The van der Waals surface area contributed by atoms with Crippen LogP contribution in [0.25, 0.3) is 0 Å². The van der Waals surface area contributed by atoms with Gasteiger partial charge < -0.3 is 29.3 Å². The third-order valence-corrected chi connectivity index (χ3v) is 5.29. The highest BCUT2D eigenvalue weighted by Crippen LogP contribution is 2.38. The van der Waals surface area contributed by atoms with Crippen LogP contribution in [-0.2, 0) is 19.1 Å². The Morgan fingerprint density at radius 3 is 2.50 bits per heavy atom. The van der Waals surface area contributed by atoms with Gasteiger partial charge in [-0.1, -0.05) is 0 Å². The van der Waals surface area contributed by atoms with Crippen molar-refractivity contribution in [1.29, 1.82) is 0 Å². The number of carbonyl (C=O) groups is 3. The molecule has 1 aliphatic heterocycles. The number of hydrogen-bond donors (Lipinski definition) is 2. The van der Waals surface area contributed by atoms with Crippen LogP contribution in [0.2, 0.25) is 0 Å². The van der Waals surface area contributed by atoms with E-state index >= 15 is 0 Å². The fourth-order valence-electron chi connectivity index (χ4n) is 3.59. The molecule has 3 amide bonds. The SMILES string of the molecule is COCCNC(=O)C(c1ccc(C)o1)N(C(=O)C(=O)Nc1ccc(F)cc1)c1ccc2c(c1)OCO2. The van der Waals surface area contributed by atoms with Crippen LogP contribution < -0.4 is 25.0 Å². The Labute approximate surface area is 205 Å². The van der Waals surface area contributed by atoms with Gasteiger partial charge in [0.15, 0.2) is 17.5 Å². The molecule has 0 saturated heterocycles. The maximum Gasteiger partial charge on any atom is 0.317 e. The average molecular weight is 497 g/mol. The van der Waals surface area contributed by atoms with Gasteiger partial charge in [-0.15, -0.1) is 0 Å². The fraction of sp³-hybridized carbons (Fsp3) is 0.240. The van der Waals surface area contributed by atoms with E-state index in [1.165, 1.54) is 31.4 Å². The molecule has 188 valence electrons. The number of fused-ring (bicyclic) bond motifs is 1. The lowest BCUT2D eigenvalue weighted by Gasteiger charge is -2.29. The van der Waals surface area contributed by atoms with Crippen molar-refractivity contribution in [2.45, 2.75) is 13.0 Å². The van der Waals surface area contributed by atoms with Gasteiger partial charge in [0.1, 0.15) is 17.3 Å². The van der Waals surface area contributed by atoms with Crippen LogP contribution in [0.4, 0.5) is 15.8 Å². The minimum atomic E-state index is -1.35. The monoisotopic (exact) mass is 497 g/mol. The molecule has 36 heavy (non-hydrogen) atoms. The molecule has 1 atom stereocenters. The Kier molecular flexibility index (Phi) is 7.50. The van der Waals surface area contributed by atoms with E-state index < -0.39 is 29.6 Å². The highest BCUT2D eigenvalue weighted by Gasteiger charge is 2.38. The van der Waals surface area contributed by atoms with Crippen LogP contribution in [0.5, 0.6) is 11.5 Å². The number of amides is 3. The second kappa shape index (κ2) is 10.9. The van der Waals surface area contributed by atoms with Gasteiger partial charge in [-0.2, -0.15) is 0 Å². The zero-order valence-corrected chi connectivity index (χ0v) is 19.6. The molecule has 10 nitrogen and oxygen atoms in total. The van der Waals surface area contributed by atoms with Crippen LogP contribution in [0.1, 0.15) is 17.6 Å². The molecule has 4 rings (SSSR count). The van der Waals surface area contributed by atoms with E-state index in [1.807, 2.05) is 0 Å². The predicted molar refractivity (Wildman–Crippen MR) is 126 cm³/mol. The third kappa shape index (κ3) is 5.47. The molecule has 0 bridgehead atoms. The highest BCUT2D eigenvalue weighted by molar-refractivity contribution is 6.45. The maximum atomic E-state index is 13.6. The summed E-state index contributed by atoms with van der Waals surface area (Å²) >= 11 is 0. The van der Waals surface area contributed by atoms with Gasteiger partial charge >= 0.3 is 11.8 Å².